The first kappa shape index (κ1) is 13.7. The number of hydrogen-bond acceptors (Lipinski definition) is 7. The second-order valence-electron chi connectivity index (χ2n) is 4.40. The molecule has 0 atom stereocenters. The number of anilines is 1. The Morgan fingerprint density at radius 1 is 1.33 bits per heavy atom. The summed E-state index contributed by atoms with van der Waals surface area (Å²) in [7, 11) is 1.61. The molecule has 1 aromatic heterocycles. The molecule has 1 aromatic carbocycles. The van der Waals surface area contributed by atoms with Crippen LogP contribution in [-0.4, -0.2) is 31.5 Å². The van der Waals surface area contributed by atoms with Crippen molar-refractivity contribution in [2.45, 2.75) is 6.92 Å². The summed E-state index contributed by atoms with van der Waals surface area (Å²) in [6, 6.07) is 3.66. The second-order valence-corrected chi connectivity index (χ2v) is 5.26. The minimum atomic E-state index is 0.548. The highest BCUT2D eigenvalue weighted by atomic mass is 32.1. The van der Waals surface area contributed by atoms with E-state index in [9.17, 15) is 0 Å². The predicted octanol–water partition coefficient (Wildman–Crippen LogP) is 2.68. The molecule has 3 rings (SSSR count). The quantitative estimate of drug-likeness (QED) is 0.695. The number of rotatable bonds is 4. The summed E-state index contributed by atoms with van der Waals surface area (Å²) < 4.78 is 16.4. The van der Waals surface area contributed by atoms with Gasteiger partial charge in [-0.1, -0.05) is 0 Å². The van der Waals surface area contributed by atoms with Crippen molar-refractivity contribution >= 4 is 22.7 Å². The Hall–Kier alpha value is -2.28. The average molecular weight is 305 g/mol. The standard InChI is InChI=1S/C14H15N3O3S/c1-9-8-21-14(16-9)17-15-7-10-5-12-13(6-11(10)18-2)20-4-3-19-12/h5-8H,3-4H2,1-2H3,(H,16,17). The fraction of sp³-hybridized carbons (Fsp3) is 0.286. The van der Waals surface area contributed by atoms with E-state index in [4.69, 9.17) is 14.2 Å². The third-order valence-electron chi connectivity index (χ3n) is 2.88. The molecule has 0 spiro atoms. The molecular formula is C14H15N3O3S. The molecule has 0 bridgehead atoms. The minimum Gasteiger partial charge on any atom is -0.496 e. The van der Waals surface area contributed by atoms with Gasteiger partial charge in [-0.15, -0.1) is 11.3 Å². The Balaban J connectivity index is 1.80. The third-order valence-corrected chi connectivity index (χ3v) is 3.74. The lowest BCUT2D eigenvalue weighted by molar-refractivity contribution is 0.171. The molecular weight excluding hydrogens is 290 g/mol. The van der Waals surface area contributed by atoms with Crippen molar-refractivity contribution in [3.8, 4) is 17.2 Å². The van der Waals surface area contributed by atoms with Gasteiger partial charge in [0.05, 0.1) is 19.0 Å². The minimum absolute atomic E-state index is 0.548. The van der Waals surface area contributed by atoms with Gasteiger partial charge in [-0.25, -0.2) is 4.98 Å². The third kappa shape index (κ3) is 3.08. The summed E-state index contributed by atoms with van der Waals surface area (Å²) in [5, 5.41) is 6.89. The van der Waals surface area contributed by atoms with E-state index < -0.39 is 0 Å². The lowest BCUT2D eigenvalue weighted by Gasteiger charge is -2.19. The first-order chi connectivity index (χ1) is 10.3. The molecule has 0 aliphatic carbocycles. The van der Waals surface area contributed by atoms with Gasteiger partial charge in [0.15, 0.2) is 11.5 Å². The normalized spacial score (nSPS) is 13.4. The fourth-order valence-corrected chi connectivity index (χ4v) is 2.56. The average Bonchev–Trinajstić information content (AvgIpc) is 2.92. The number of thiazole rings is 1. The van der Waals surface area contributed by atoms with Gasteiger partial charge in [-0.2, -0.15) is 5.10 Å². The van der Waals surface area contributed by atoms with Crippen LogP contribution in [0.2, 0.25) is 0 Å². The highest BCUT2D eigenvalue weighted by molar-refractivity contribution is 7.13. The van der Waals surface area contributed by atoms with Crippen molar-refractivity contribution in [3.05, 3.63) is 28.8 Å². The van der Waals surface area contributed by atoms with Crippen molar-refractivity contribution in [1.82, 2.24) is 4.98 Å². The molecule has 110 valence electrons. The lowest BCUT2D eigenvalue weighted by atomic mass is 10.2. The number of aryl methyl sites for hydroxylation is 1. The zero-order chi connectivity index (χ0) is 14.7. The van der Waals surface area contributed by atoms with Crippen molar-refractivity contribution in [2.24, 2.45) is 5.10 Å². The zero-order valence-electron chi connectivity index (χ0n) is 11.8. The van der Waals surface area contributed by atoms with E-state index in [0.29, 0.717) is 30.5 Å². The van der Waals surface area contributed by atoms with Crippen LogP contribution in [0.1, 0.15) is 11.3 Å². The molecule has 6 nitrogen and oxygen atoms in total. The summed E-state index contributed by atoms with van der Waals surface area (Å²) in [5.41, 5.74) is 4.67. The van der Waals surface area contributed by atoms with Gasteiger partial charge >= 0.3 is 0 Å². The fourth-order valence-electron chi connectivity index (χ4n) is 1.93. The van der Waals surface area contributed by atoms with Crippen LogP contribution in [0.4, 0.5) is 5.13 Å². The van der Waals surface area contributed by atoms with Gasteiger partial charge in [0.25, 0.3) is 0 Å². The van der Waals surface area contributed by atoms with Crippen LogP contribution in [-0.2, 0) is 0 Å². The lowest BCUT2D eigenvalue weighted by Crippen LogP contribution is -2.15. The number of aromatic nitrogens is 1. The summed E-state index contributed by atoms with van der Waals surface area (Å²) in [4.78, 5) is 4.27. The molecule has 1 aliphatic heterocycles. The second kappa shape index (κ2) is 6.01. The molecule has 0 saturated carbocycles. The molecule has 0 radical (unpaired) electrons. The maximum atomic E-state index is 5.56. The molecule has 21 heavy (non-hydrogen) atoms. The molecule has 0 saturated heterocycles. The topological polar surface area (TPSA) is 65.0 Å². The molecule has 0 fully saturated rings. The van der Waals surface area contributed by atoms with Crippen LogP contribution in [0.3, 0.4) is 0 Å². The number of ether oxygens (including phenoxy) is 3. The SMILES string of the molecule is COc1cc2c(cc1C=NNc1nc(C)cs1)OCCO2. The molecule has 1 N–H and O–H groups in total. The van der Waals surface area contributed by atoms with E-state index in [0.717, 1.165) is 16.4 Å². The van der Waals surface area contributed by atoms with Crippen molar-refractivity contribution in [1.29, 1.82) is 0 Å². The van der Waals surface area contributed by atoms with Crippen LogP contribution >= 0.6 is 11.3 Å². The van der Waals surface area contributed by atoms with Gasteiger partial charge in [-0.3, -0.25) is 5.43 Å². The van der Waals surface area contributed by atoms with Gasteiger partial charge < -0.3 is 14.2 Å². The molecule has 2 aromatic rings. The van der Waals surface area contributed by atoms with E-state index in [2.05, 4.69) is 15.5 Å². The van der Waals surface area contributed by atoms with E-state index in [1.807, 2.05) is 24.4 Å². The Morgan fingerprint density at radius 3 is 2.76 bits per heavy atom. The maximum absolute atomic E-state index is 5.56. The van der Waals surface area contributed by atoms with E-state index in [1.165, 1.54) is 11.3 Å². The van der Waals surface area contributed by atoms with E-state index >= 15 is 0 Å². The molecule has 0 unspecified atom stereocenters. The number of fused-ring (bicyclic) bond motifs is 1. The van der Waals surface area contributed by atoms with Crippen LogP contribution in [0.25, 0.3) is 0 Å². The van der Waals surface area contributed by atoms with Gasteiger partial charge in [0.1, 0.15) is 19.0 Å². The Labute approximate surface area is 126 Å². The Bertz CT molecular complexity index is 669. The Kier molecular flexibility index (Phi) is 3.92. The van der Waals surface area contributed by atoms with Crippen LogP contribution in [0, 0.1) is 6.92 Å². The van der Waals surface area contributed by atoms with Gasteiger partial charge in [0, 0.05) is 17.0 Å². The number of nitrogens with zero attached hydrogens (tertiary/aromatic N) is 2. The maximum Gasteiger partial charge on any atom is 0.203 e. The number of benzene rings is 1. The summed E-state index contributed by atoms with van der Waals surface area (Å²) in [6.45, 7) is 3.04. The van der Waals surface area contributed by atoms with E-state index in [-0.39, 0.29) is 0 Å². The van der Waals surface area contributed by atoms with Crippen molar-refractivity contribution in [3.63, 3.8) is 0 Å². The number of methoxy groups -OCH3 is 1. The monoisotopic (exact) mass is 305 g/mol. The highest BCUT2D eigenvalue weighted by Crippen LogP contribution is 2.36. The van der Waals surface area contributed by atoms with Crippen molar-refractivity contribution < 1.29 is 14.2 Å². The van der Waals surface area contributed by atoms with Crippen molar-refractivity contribution in [2.75, 3.05) is 25.7 Å². The van der Waals surface area contributed by atoms with Crippen LogP contribution in [0.5, 0.6) is 17.2 Å². The largest absolute Gasteiger partial charge is 0.496 e. The first-order valence-electron chi connectivity index (χ1n) is 6.45. The summed E-state index contributed by atoms with van der Waals surface area (Å²) >= 11 is 1.51. The zero-order valence-corrected chi connectivity index (χ0v) is 12.6. The van der Waals surface area contributed by atoms with Crippen LogP contribution < -0.4 is 19.6 Å². The number of nitrogens with one attached hydrogen (secondary N) is 1. The Morgan fingerprint density at radius 2 is 2.10 bits per heavy atom. The van der Waals surface area contributed by atoms with Gasteiger partial charge in [-0.05, 0) is 13.0 Å². The predicted molar refractivity (Wildman–Crippen MR) is 82.1 cm³/mol. The molecule has 2 heterocycles. The summed E-state index contributed by atoms with van der Waals surface area (Å²) in [5.74, 6) is 2.08. The number of hydrazone groups is 1. The van der Waals surface area contributed by atoms with E-state index in [1.54, 1.807) is 13.3 Å². The molecule has 1 aliphatic rings. The molecule has 7 heteroatoms. The first-order valence-corrected chi connectivity index (χ1v) is 7.33. The molecule has 0 amide bonds. The highest BCUT2D eigenvalue weighted by Gasteiger charge is 2.15. The smallest absolute Gasteiger partial charge is 0.203 e. The van der Waals surface area contributed by atoms with Gasteiger partial charge in [0.2, 0.25) is 5.13 Å². The van der Waals surface area contributed by atoms with Crippen LogP contribution in [0.15, 0.2) is 22.6 Å². The number of hydrogen-bond donors (Lipinski definition) is 1. The summed E-state index contributed by atoms with van der Waals surface area (Å²) in [6.07, 6.45) is 1.67.